The number of carbonyl (C=O) groups is 2. The van der Waals surface area contributed by atoms with Crippen LogP contribution in [0.25, 0.3) is 0 Å². The zero-order valence-electron chi connectivity index (χ0n) is 9.63. The lowest BCUT2D eigenvalue weighted by atomic mass is 10.1. The Morgan fingerprint density at radius 3 is 2.47 bits per heavy atom. The van der Waals surface area contributed by atoms with Crippen LogP contribution in [0.4, 0.5) is 11.5 Å². The molecule has 0 fully saturated rings. The lowest BCUT2D eigenvalue weighted by Crippen LogP contribution is -2.30. The first kappa shape index (κ1) is 11.9. The number of pyridine rings is 1. The van der Waals surface area contributed by atoms with Crippen LogP contribution in [-0.4, -0.2) is 16.8 Å². The molecule has 0 saturated heterocycles. The molecule has 0 spiro atoms. The minimum atomic E-state index is -0.376. The molecule has 2 N–H and O–H groups in total. The number of rotatable bonds is 1. The van der Waals surface area contributed by atoms with E-state index < -0.39 is 0 Å². The molecule has 0 saturated carbocycles. The monoisotopic (exact) mass is 317 g/mol. The number of benzene rings is 1. The molecule has 1 aromatic carbocycles. The molecule has 3 rings (SSSR count). The quantitative estimate of drug-likeness (QED) is 0.818. The van der Waals surface area contributed by atoms with Crippen LogP contribution in [0, 0.1) is 0 Å². The van der Waals surface area contributed by atoms with Crippen LogP contribution in [-0.2, 0) is 0 Å². The summed E-state index contributed by atoms with van der Waals surface area (Å²) in [7, 11) is 0. The van der Waals surface area contributed by atoms with Gasteiger partial charge in [-0.3, -0.25) is 9.59 Å². The van der Waals surface area contributed by atoms with Gasteiger partial charge in [0, 0.05) is 4.47 Å². The number of nitrogens with zero attached hydrogens (tertiary/aromatic N) is 2. The average molecular weight is 318 g/mol. The van der Waals surface area contributed by atoms with Gasteiger partial charge in [-0.1, -0.05) is 15.9 Å². The number of nitrogens with two attached hydrogens (primary N) is 1. The minimum Gasteiger partial charge on any atom is -0.397 e. The van der Waals surface area contributed by atoms with Crippen LogP contribution in [0.15, 0.2) is 41.0 Å². The molecule has 0 radical (unpaired) electrons. The van der Waals surface area contributed by atoms with E-state index in [9.17, 15) is 9.59 Å². The fraction of sp³-hybridized carbons (Fsp3) is 0. The molecule has 1 aromatic heterocycles. The van der Waals surface area contributed by atoms with Crippen molar-refractivity contribution in [3.05, 3.63) is 52.1 Å². The van der Waals surface area contributed by atoms with E-state index in [0.717, 1.165) is 9.37 Å². The Kier molecular flexibility index (Phi) is 2.60. The molecular weight excluding hydrogens is 310 g/mol. The summed E-state index contributed by atoms with van der Waals surface area (Å²) >= 11 is 3.28. The SMILES string of the molecule is Nc1ccc(N2C(=O)c3ccc(Br)cc3C2=O)nc1. The van der Waals surface area contributed by atoms with E-state index in [1.807, 2.05) is 0 Å². The lowest BCUT2D eigenvalue weighted by molar-refractivity contribution is 0.0925. The average Bonchev–Trinajstić information content (AvgIpc) is 2.63. The van der Waals surface area contributed by atoms with Gasteiger partial charge >= 0.3 is 0 Å². The molecule has 19 heavy (non-hydrogen) atoms. The van der Waals surface area contributed by atoms with E-state index in [1.165, 1.54) is 6.20 Å². The smallest absolute Gasteiger partial charge is 0.267 e. The number of hydrogen-bond acceptors (Lipinski definition) is 4. The first-order chi connectivity index (χ1) is 9.08. The van der Waals surface area contributed by atoms with Crippen LogP contribution in [0.1, 0.15) is 20.7 Å². The largest absolute Gasteiger partial charge is 0.397 e. The maximum Gasteiger partial charge on any atom is 0.267 e. The molecule has 5 nitrogen and oxygen atoms in total. The third kappa shape index (κ3) is 1.80. The van der Waals surface area contributed by atoms with Crippen LogP contribution in [0.5, 0.6) is 0 Å². The Balaban J connectivity index is 2.10. The second-order valence-electron chi connectivity index (χ2n) is 4.09. The zero-order chi connectivity index (χ0) is 13.6. The molecule has 1 aliphatic heterocycles. The Bertz CT molecular complexity index is 698. The van der Waals surface area contributed by atoms with E-state index in [1.54, 1.807) is 30.3 Å². The molecule has 0 unspecified atom stereocenters. The molecule has 0 aliphatic carbocycles. The van der Waals surface area contributed by atoms with Gasteiger partial charge in [0.1, 0.15) is 5.82 Å². The first-order valence-electron chi connectivity index (χ1n) is 5.48. The number of anilines is 2. The van der Waals surface area contributed by atoms with Crippen LogP contribution < -0.4 is 10.6 Å². The highest BCUT2D eigenvalue weighted by Gasteiger charge is 2.37. The summed E-state index contributed by atoms with van der Waals surface area (Å²) < 4.78 is 0.750. The summed E-state index contributed by atoms with van der Waals surface area (Å²) in [4.78, 5) is 29.5. The van der Waals surface area contributed by atoms with Gasteiger partial charge in [0.2, 0.25) is 0 Å². The first-order valence-corrected chi connectivity index (χ1v) is 6.27. The standard InChI is InChI=1S/C13H8BrN3O2/c14-7-1-3-9-10(5-7)13(19)17(12(9)18)11-4-2-8(15)6-16-11/h1-6H,15H2. The molecule has 94 valence electrons. The summed E-state index contributed by atoms with van der Waals surface area (Å²) in [6, 6.07) is 8.13. The lowest BCUT2D eigenvalue weighted by Gasteiger charge is -2.12. The van der Waals surface area contributed by atoms with Gasteiger partial charge in [-0.05, 0) is 30.3 Å². The summed E-state index contributed by atoms with van der Waals surface area (Å²) in [5.41, 5.74) is 6.77. The van der Waals surface area contributed by atoms with Gasteiger partial charge in [0.25, 0.3) is 11.8 Å². The number of hydrogen-bond donors (Lipinski definition) is 1. The maximum atomic E-state index is 12.3. The summed E-state index contributed by atoms with van der Waals surface area (Å²) in [6.45, 7) is 0. The van der Waals surface area contributed by atoms with E-state index in [2.05, 4.69) is 20.9 Å². The summed E-state index contributed by atoms with van der Waals surface area (Å²) in [5.74, 6) is -0.472. The van der Waals surface area contributed by atoms with Crippen molar-refractivity contribution in [2.75, 3.05) is 10.6 Å². The maximum absolute atomic E-state index is 12.3. The van der Waals surface area contributed by atoms with Crippen molar-refractivity contribution in [3.8, 4) is 0 Å². The second-order valence-corrected chi connectivity index (χ2v) is 5.00. The highest BCUT2D eigenvalue weighted by Crippen LogP contribution is 2.29. The van der Waals surface area contributed by atoms with Crippen molar-refractivity contribution in [1.29, 1.82) is 0 Å². The van der Waals surface area contributed by atoms with Gasteiger partial charge in [-0.2, -0.15) is 0 Å². The predicted octanol–water partition coefficient (Wildman–Crippen LogP) is 2.23. The number of halogens is 1. The van der Waals surface area contributed by atoms with Crippen molar-refractivity contribution in [3.63, 3.8) is 0 Å². The van der Waals surface area contributed by atoms with Gasteiger partial charge in [0.05, 0.1) is 23.0 Å². The fourth-order valence-corrected chi connectivity index (χ4v) is 2.31. The molecule has 2 amide bonds. The molecule has 0 atom stereocenters. The van der Waals surface area contributed by atoms with Crippen molar-refractivity contribution in [1.82, 2.24) is 4.98 Å². The normalized spacial score (nSPS) is 13.8. The highest BCUT2D eigenvalue weighted by atomic mass is 79.9. The van der Waals surface area contributed by atoms with E-state index >= 15 is 0 Å². The third-order valence-corrected chi connectivity index (χ3v) is 3.34. The Hall–Kier alpha value is -2.21. The number of fused-ring (bicyclic) bond motifs is 1. The predicted molar refractivity (Wildman–Crippen MR) is 73.9 cm³/mol. The number of carbonyl (C=O) groups excluding carboxylic acids is 2. The Morgan fingerprint density at radius 2 is 1.79 bits per heavy atom. The molecule has 2 heterocycles. The molecule has 1 aliphatic rings. The van der Waals surface area contributed by atoms with Gasteiger partial charge < -0.3 is 5.73 Å². The number of imide groups is 1. The van der Waals surface area contributed by atoms with Gasteiger partial charge in [0.15, 0.2) is 0 Å². The minimum absolute atomic E-state index is 0.275. The highest BCUT2D eigenvalue weighted by molar-refractivity contribution is 9.10. The van der Waals surface area contributed by atoms with Crippen molar-refractivity contribution >= 4 is 39.2 Å². The summed E-state index contributed by atoms with van der Waals surface area (Å²) in [5, 5.41) is 0. The fourth-order valence-electron chi connectivity index (χ4n) is 1.95. The number of aromatic nitrogens is 1. The second kappa shape index (κ2) is 4.17. The molecule has 0 bridgehead atoms. The van der Waals surface area contributed by atoms with Crippen LogP contribution in [0.3, 0.4) is 0 Å². The topological polar surface area (TPSA) is 76.3 Å². The van der Waals surface area contributed by atoms with Crippen molar-refractivity contribution < 1.29 is 9.59 Å². The third-order valence-electron chi connectivity index (χ3n) is 2.85. The molecule has 2 aromatic rings. The van der Waals surface area contributed by atoms with Crippen LogP contribution >= 0.6 is 15.9 Å². The van der Waals surface area contributed by atoms with Crippen molar-refractivity contribution in [2.45, 2.75) is 0 Å². The van der Waals surface area contributed by atoms with E-state index in [4.69, 9.17) is 5.73 Å². The Labute approximate surface area is 117 Å². The zero-order valence-corrected chi connectivity index (χ0v) is 11.2. The Morgan fingerprint density at radius 1 is 1.05 bits per heavy atom. The van der Waals surface area contributed by atoms with Crippen LogP contribution in [0.2, 0.25) is 0 Å². The van der Waals surface area contributed by atoms with E-state index in [-0.39, 0.29) is 17.6 Å². The summed E-state index contributed by atoms with van der Waals surface area (Å²) in [6.07, 6.45) is 1.41. The molecular formula is C13H8BrN3O2. The van der Waals surface area contributed by atoms with E-state index in [0.29, 0.717) is 16.8 Å². The van der Waals surface area contributed by atoms with Crippen molar-refractivity contribution in [2.24, 2.45) is 0 Å². The number of amides is 2. The van der Waals surface area contributed by atoms with Gasteiger partial charge in [-0.15, -0.1) is 0 Å². The van der Waals surface area contributed by atoms with Gasteiger partial charge in [-0.25, -0.2) is 9.88 Å². The number of nitrogen functional groups attached to an aromatic ring is 1. The molecule has 6 heteroatoms.